The topological polar surface area (TPSA) is 136 Å². The van der Waals surface area contributed by atoms with E-state index in [1.165, 1.54) is 0 Å². The number of primary amides is 1. The molecule has 0 aliphatic carbocycles. The molecule has 0 aliphatic heterocycles. The Bertz CT molecular complexity index is 385. The van der Waals surface area contributed by atoms with Crippen LogP contribution in [0.5, 0.6) is 0 Å². The van der Waals surface area contributed by atoms with Crippen LogP contribution >= 0.6 is 0 Å². The van der Waals surface area contributed by atoms with Gasteiger partial charge < -0.3 is 15.6 Å². The second-order valence-electron chi connectivity index (χ2n) is 5.24. The predicted octanol–water partition coefficient (Wildman–Crippen LogP) is 0.394. The number of imide groups is 1. The number of nitrogens with two attached hydrogens (primary N) is 1. The lowest BCUT2D eigenvalue weighted by Gasteiger charge is -2.19. The molecule has 0 bridgehead atoms. The van der Waals surface area contributed by atoms with Gasteiger partial charge in [-0.05, 0) is 33.6 Å². The van der Waals surface area contributed by atoms with E-state index in [4.69, 9.17) is 15.6 Å². The summed E-state index contributed by atoms with van der Waals surface area (Å²) in [5.41, 5.74) is 4.19. The van der Waals surface area contributed by atoms with Gasteiger partial charge in [-0.1, -0.05) is 0 Å². The van der Waals surface area contributed by atoms with Gasteiger partial charge in [0.15, 0.2) is 0 Å². The maximum atomic E-state index is 11.4. The lowest BCUT2D eigenvalue weighted by Crippen LogP contribution is -2.36. The van der Waals surface area contributed by atoms with Crippen LogP contribution in [0.15, 0.2) is 0 Å². The van der Waals surface area contributed by atoms with Gasteiger partial charge in [0.2, 0.25) is 11.8 Å². The zero-order valence-corrected chi connectivity index (χ0v) is 11.8. The lowest BCUT2D eigenvalue weighted by atomic mass is 10.0. The van der Waals surface area contributed by atoms with Crippen molar-refractivity contribution in [2.45, 2.75) is 45.6 Å². The normalized spacial score (nSPS) is 12.3. The standard InChI is InChI=1S/C12H20N2O6/c1-12(2,3)20-11(19)14-8(15)6-4-5-7(9(13)16)10(17)18/h7H,4-6H2,1-3H3,(H2,13,16)(H,17,18)(H,14,15,19). The fraction of sp³-hybridized carbons (Fsp3) is 0.667. The number of hydrogen-bond donors (Lipinski definition) is 3. The van der Waals surface area contributed by atoms with E-state index in [1.807, 2.05) is 5.32 Å². The Morgan fingerprint density at radius 2 is 1.80 bits per heavy atom. The van der Waals surface area contributed by atoms with Crippen molar-refractivity contribution in [3.05, 3.63) is 0 Å². The first-order chi connectivity index (χ1) is 9.03. The Balaban J connectivity index is 4.09. The lowest BCUT2D eigenvalue weighted by molar-refractivity contribution is -0.146. The van der Waals surface area contributed by atoms with E-state index >= 15 is 0 Å². The fourth-order valence-electron chi connectivity index (χ4n) is 1.33. The molecule has 0 heterocycles. The monoisotopic (exact) mass is 288 g/mol. The van der Waals surface area contributed by atoms with Crippen molar-refractivity contribution < 1.29 is 29.0 Å². The van der Waals surface area contributed by atoms with Gasteiger partial charge in [-0.3, -0.25) is 19.7 Å². The molecule has 0 radical (unpaired) electrons. The zero-order valence-electron chi connectivity index (χ0n) is 11.8. The maximum Gasteiger partial charge on any atom is 0.414 e. The van der Waals surface area contributed by atoms with E-state index in [1.54, 1.807) is 20.8 Å². The van der Waals surface area contributed by atoms with Gasteiger partial charge >= 0.3 is 12.1 Å². The second kappa shape index (κ2) is 7.46. The Hall–Kier alpha value is -2.12. The van der Waals surface area contributed by atoms with Crippen molar-refractivity contribution in [3.8, 4) is 0 Å². The SMILES string of the molecule is CC(C)(C)OC(=O)NC(=O)CCCC(C(N)=O)C(=O)O. The number of hydrogen-bond acceptors (Lipinski definition) is 5. The highest BCUT2D eigenvalue weighted by Crippen LogP contribution is 2.09. The van der Waals surface area contributed by atoms with Crippen LogP contribution in [0.1, 0.15) is 40.0 Å². The molecule has 0 fully saturated rings. The van der Waals surface area contributed by atoms with Crippen molar-refractivity contribution in [3.63, 3.8) is 0 Å². The van der Waals surface area contributed by atoms with Crippen molar-refractivity contribution in [1.29, 1.82) is 0 Å². The number of alkyl carbamates (subject to hydrolysis) is 1. The molecule has 8 nitrogen and oxygen atoms in total. The number of aliphatic carboxylic acids is 1. The van der Waals surface area contributed by atoms with Crippen LogP contribution in [-0.4, -0.2) is 34.6 Å². The number of carbonyl (C=O) groups is 4. The van der Waals surface area contributed by atoms with Gasteiger partial charge in [-0.25, -0.2) is 4.79 Å². The van der Waals surface area contributed by atoms with Gasteiger partial charge in [0.05, 0.1) is 0 Å². The van der Waals surface area contributed by atoms with Gasteiger partial charge in [-0.15, -0.1) is 0 Å². The first kappa shape index (κ1) is 17.9. The average molecular weight is 288 g/mol. The van der Waals surface area contributed by atoms with Gasteiger partial charge in [-0.2, -0.15) is 0 Å². The molecule has 114 valence electrons. The summed E-state index contributed by atoms with van der Waals surface area (Å²) >= 11 is 0. The van der Waals surface area contributed by atoms with E-state index in [0.29, 0.717) is 0 Å². The van der Waals surface area contributed by atoms with E-state index in [2.05, 4.69) is 0 Å². The summed E-state index contributed by atoms with van der Waals surface area (Å²) in [4.78, 5) is 44.1. The number of nitrogens with one attached hydrogen (secondary N) is 1. The highest BCUT2D eigenvalue weighted by molar-refractivity contribution is 5.96. The molecular weight excluding hydrogens is 268 g/mol. The molecule has 1 unspecified atom stereocenters. The van der Waals surface area contributed by atoms with Crippen LogP contribution in [0.25, 0.3) is 0 Å². The van der Waals surface area contributed by atoms with Crippen LogP contribution < -0.4 is 11.1 Å². The van der Waals surface area contributed by atoms with Gasteiger partial charge in [0, 0.05) is 6.42 Å². The van der Waals surface area contributed by atoms with Crippen molar-refractivity contribution >= 4 is 23.9 Å². The van der Waals surface area contributed by atoms with E-state index in [0.717, 1.165) is 0 Å². The molecule has 0 aromatic carbocycles. The molecule has 3 amide bonds. The highest BCUT2D eigenvalue weighted by atomic mass is 16.6. The average Bonchev–Trinajstić information content (AvgIpc) is 2.19. The summed E-state index contributed by atoms with van der Waals surface area (Å²) in [5.74, 6) is -4.22. The van der Waals surface area contributed by atoms with E-state index in [-0.39, 0.29) is 19.3 Å². The summed E-state index contributed by atoms with van der Waals surface area (Å²) in [7, 11) is 0. The largest absolute Gasteiger partial charge is 0.481 e. The molecule has 4 N–H and O–H groups in total. The molecular formula is C12H20N2O6. The number of ether oxygens (including phenoxy) is 1. The molecule has 1 atom stereocenters. The molecule has 0 spiro atoms. The minimum absolute atomic E-state index is 0.0631. The van der Waals surface area contributed by atoms with Crippen molar-refractivity contribution in [2.75, 3.05) is 0 Å². The molecule has 0 aromatic heterocycles. The highest BCUT2D eigenvalue weighted by Gasteiger charge is 2.24. The summed E-state index contributed by atoms with van der Waals surface area (Å²) < 4.78 is 4.87. The van der Waals surface area contributed by atoms with Gasteiger partial charge in [0.25, 0.3) is 0 Å². The first-order valence-corrected chi connectivity index (χ1v) is 6.08. The first-order valence-electron chi connectivity index (χ1n) is 6.08. The Labute approximate surface area is 116 Å². The number of carbonyl (C=O) groups excluding carboxylic acids is 3. The number of amides is 3. The predicted molar refractivity (Wildman–Crippen MR) is 68.5 cm³/mol. The van der Waals surface area contributed by atoms with Crippen LogP contribution in [0.3, 0.4) is 0 Å². The summed E-state index contributed by atoms with van der Waals surface area (Å²) in [6.45, 7) is 4.96. The molecule has 0 aliphatic rings. The summed E-state index contributed by atoms with van der Waals surface area (Å²) in [5, 5.41) is 10.7. The smallest absolute Gasteiger partial charge is 0.414 e. The summed E-state index contributed by atoms with van der Waals surface area (Å²) in [6.07, 6.45) is -0.913. The van der Waals surface area contributed by atoms with Crippen LogP contribution in [0.4, 0.5) is 4.79 Å². The fourth-order valence-corrected chi connectivity index (χ4v) is 1.33. The van der Waals surface area contributed by atoms with Crippen LogP contribution in [0, 0.1) is 5.92 Å². The number of rotatable bonds is 6. The summed E-state index contributed by atoms with van der Waals surface area (Å²) in [6, 6.07) is 0. The minimum Gasteiger partial charge on any atom is -0.481 e. The maximum absolute atomic E-state index is 11.4. The van der Waals surface area contributed by atoms with E-state index in [9.17, 15) is 19.2 Å². The van der Waals surface area contributed by atoms with Gasteiger partial charge in [0.1, 0.15) is 11.5 Å². The second-order valence-corrected chi connectivity index (χ2v) is 5.24. The van der Waals surface area contributed by atoms with Crippen LogP contribution in [0.2, 0.25) is 0 Å². The number of carboxylic acids is 1. The van der Waals surface area contributed by atoms with E-state index < -0.39 is 35.4 Å². The third kappa shape index (κ3) is 8.06. The van der Waals surface area contributed by atoms with Crippen molar-refractivity contribution in [2.24, 2.45) is 11.7 Å². The third-order valence-electron chi connectivity index (χ3n) is 2.18. The molecule has 0 saturated heterocycles. The zero-order chi connectivity index (χ0) is 15.9. The Morgan fingerprint density at radius 1 is 1.25 bits per heavy atom. The molecule has 0 saturated carbocycles. The Morgan fingerprint density at radius 3 is 2.20 bits per heavy atom. The molecule has 20 heavy (non-hydrogen) atoms. The molecule has 0 rings (SSSR count). The minimum atomic E-state index is -1.33. The Kier molecular flexibility index (Phi) is 6.67. The molecule has 8 heteroatoms. The number of carboxylic acid groups (broad SMARTS) is 1. The van der Waals surface area contributed by atoms with Crippen LogP contribution in [-0.2, 0) is 19.1 Å². The van der Waals surface area contributed by atoms with Crippen molar-refractivity contribution in [1.82, 2.24) is 5.32 Å². The quantitative estimate of drug-likeness (QED) is 0.605. The molecule has 0 aromatic rings. The third-order valence-corrected chi connectivity index (χ3v) is 2.18.